The van der Waals surface area contributed by atoms with Crippen molar-refractivity contribution >= 4 is 24.0 Å². The average molecular weight is 430 g/mol. The van der Waals surface area contributed by atoms with Crippen molar-refractivity contribution in [1.82, 2.24) is 15.2 Å². The van der Waals surface area contributed by atoms with Gasteiger partial charge in [-0.3, -0.25) is 9.89 Å². The number of nitrogens with one attached hydrogen (secondary N) is 2. The maximum Gasteiger partial charge on any atom is 0.255 e. The molecule has 2 heterocycles. The molecule has 0 aliphatic carbocycles. The van der Waals surface area contributed by atoms with E-state index in [4.69, 9.17) is 15.2 Å². The van der Waals surface area contributed by atoms with Gasteiger partial charge in [0.05, 0.1) is 12.6 Å². The maximum atomic E-state index is 12.6. The lowest BCUT2D eigenvalue weighted by Crippen LogP contribution is -2.17. The molecular formula is C21H24ClN5O3. The molecule has 1 unspecified atom stereocenters. The second-order valence-corrected chi connectivity index (χ2v) is 6.82. The van der Waals surface area contributed by atoms with Gasteiger partial charge in [-0.15, -0.1) is 12.4 Å². The van der Waals surface area contributed by atoms with Crippen LogP contribution < -0.4 is 15.8 Å². The Morgan fingerprint density at radius 3 is 2.80 bits per heavy atom. The molecule has 1 saturated heterocycles. The van der Waals surface area contributed by atoms with Crippen molar-refractivity contribution in [2.45, 2.75) is 25.5 Å². The summed E-state index contributed by atoms with van der Waals surface area (Å²) in [5, 5.41) is 9.79. The summed E-state index contributed by atoms with van der Waals surface area (Å²) >= 11 is 0. The summed E-state index contributed by atoms with van der Waals surface area (Å²) in [6.45, 7) is 1.59. The molecule has 0 spiro atoms. The summed E-state index contributed by atoms with van der Waals surface area (Å²) < 4.78 is 11.3. The number of aromatic nitrogens is 3. The lowest BCUT2D eigenvalue weighted by atomic mass is 10.1. The normalized spacial score (nSPS) is 15.4. The Balaban J connectivity index is 0.00000256. The molecule has 1 aliphatic rings. The standard InChI is InChI=1S/C21H23N5O3.ClH/c22-12-19-24-20(26-25-19)14-6-8-16(9-7-14)23-21(27)15-3-1-4-17(11-15)29-13-18-5-2-10-28-18;/h1,3-4,6-9,11,18H,2,5,10,12-13,22H2,(H,23,27)(H,24,25,26);1H. The molecule has 8 nitrogen and oxygen atoms in total. The van der Waals surface area contributed by atoms with E-state index in [1.54, 1.807) is 18.2 Å². The van der Waals surface area contributed by atoms with Gasteiger partial charge in [0.2, 0.25) is 0 Å². The van der Waals surface area contributed by atoms with Crippen LogP contribution in [-0.2, 0) is 11.3 Å². The van der Waals surface area contributed by atoms with E-state index >= 15 is 0 Å². The van der Waals surface area contributed by atoms with Crippen molar-refractivity contribution in [3.63, 3.8) is 0 Å². The quantitative estimate of drug-likeness (QED) is 0.531. The van der Waals surface area contributed by atoms with Crippen LogP contribution in [0.25, 0.3) is 11.4 Å². The van der Waals surface area contributed by atoms with Crippen molar-refractivity contribution in [1.29, 1.82) is 0 Å². The first-order chi connectivity index (χ1) is 14.2. The molecule has 1 aliphatic heterocycles. The zero-order chi connectivity index (χ0) is 20.1. The van der Waals surface area contributed by atoms with Crippen LogP contribution in [0.5, 0.6) is 5.75 Å². The fourth-order valence-corrected chi connectivity index (χ4v) is 3.11. The number of rotatable bonds is 7. The average Bonchev–Trinajstić information content (AvgIpc) is 3.45. The third-order valence-corrected chi connectivity index (χ3v) is 4.68. The summed E-state index contributed by atoms with van der Waals surface area (Å²) in [6, 6.07) is 14.5. The number of H-pyrrole nitrogens is 1. The molecule has 1 aromatic heterocycles. The number of hydrogen-bond acceptors (Lipinski definition) is 6. The van der Waals surface area contributed by atoms with Crippen molar-refractivity contribution in [3.05, 3.63) is 59.9 Å². The Bertz CT molecular complexity index is 971. The van der Waals surface area contributed by atoms with Gasteiger partial charge < -0.3 is 20.5 Å². The number of aromatic amines is 1. The van der Waals surface area contributed by atoms with Gasteiger partial charge >= 0.3 is 0 Å². The molecule has 4 rings (SSSR count). The van der Waals surface area contributed by atoms with E-state index in [1.165, 1.54) is 0 Å². The Morgan fingerprint density at radius 2 is 2.10 bits per heavy atom. The minimum atomic E-state index is -0.205. The van der Waals surface area contributed by atoms with Crippen LogP contribution in [0.2, 0.25) is 0 Å². The Hall–Kier alpha value is -2.94. The number of nitrogens with two attached hydrogens (primary N) is 1. The highest BCUT2D eigenvalue weighted by Gasteiger charge is 2.16. The van der Waals surface area contributed by atoms with Gasteiger partial charge in [-0.2, -0.15) is 5.10 Å². The molecule has 1 amide bonds. The Kier molecular flexibility index (Phi) is 7.40. The van der Waals surface area contributed by atoms with Crippen LogP contribution in [0.4, 0.5) is 5.69 Å². The highest BCUT2D eigenvalue weighted by molar-refractivity contribution is 6.04. The zero-order valence-corrected chi connectivity index (χ0v) is 17.2. The number of anilines is 1. The molecule has 3 aromatic rings. The molecule has 1 fully saturated rings. The van der Waals surface area contributed by atoms with Gasteiger partial charge in [0.1, 0.15) is 18.2 Å². The van der Waals surface area contributed by atoms with E-state index in [1.807, 2.05) is 30.3 Å². The predicted molar refractivity (Wildman–Crippen MR) is 116 cm³/mol. The number of hydrogen-bond donors (Lipinski definition) is 3. The first kappa shape index (κ1) is 21.8. The monoisotopic (exact) mass is 429 g/mol. The van der Waals surface area contributed by atoms with Crippen LogP contribution >= 0.6 is 12.4 Å². The Labute approximate surface area is 180 Å². The molecule has 0 radical (unpaired) electrons. The van der Waals surface area contributed by atoms with Gasteiger partial charge in [0, 0.05) is 23.4 Å². The molecule has 158 valence electrons. The topological polar surface area (TPSA) is 115 Å². The van der Waals surface area contributed by atoms with Gasteiger partial charge in [0.15, 0.2) is 5.82 Å². The number of carbonyl (C=O) groups excluding carboxylic acids is 1. The van der Waals surface area contributed by atoms with Crippen LogP contribution in [0.15, 0.2) is 48.5 Å². The zero-order valence-electron chi connectivity index (χ0n) is 16.3. The maximum absolute atomic E-state index is 12.6. The van der Waals surface area contributed by atoms with Crippen LogP contribution in [-0.4, -0.2) is 40.4 Å². The Morgan fingerprint density at radius 1 is 1.27 bits per heavy atom. The first-order valence-corrected chi connectivity index (χ1v) is 9.59. The second-order valence-electron chi connectivity index (χ2n) is 6.82. The minimum Gasteiger partial charge on any atom is -0.491 e. The van der Waals surface area contributed by atoms with Gasteiger partial charge in [-0.05, 0) is 55.3 Å². The molecular weight excluding hydrogens is 406 g/mol. The fourth-order valence-electron chi connectivity index (χ4n) is 3.11. The first-order valence-electron chi connectivity index (χ1n) is 9.59. The summed E-state index contributed by atoms with van der Waals surface area (Å²) in [5.74, 6) is 1.64. The third-order valence-electron chi connectivity index (χ3n) is 4.68. The van der Waals surface area contributed by atoms with Gasteiger partial charge in [0.25, 0.3) is 5.91 Å². The lowest BCUT2D eigenvalue weighted by molar-refractivity contribution is 0.0679. The number of amides is 1. The van der Waals surface area contributed by atoms with E-state index in [-0.39, 0.29) is 24.4 Å². The smallest absolute Gasteiger partial charge is 0.255 e. The van der Waals surface area contributed by atoms with Crippen molar-refractivity contribution in [2.75, 3.05) is 18.5 Å². The summed E-state index contributed by atoms with van der Waals surface area (Å²) in [5.41, 5.74) is 7.58. The number of carbonyl (C=O) groups is 1. The molecule has 30 heavy (non-hydrogen) atoms. The van der Waals surface area contributed by atoms with E-state index in [9.17, 15) is 4.79 Å². The van der Waals surface area contributed by atoms with Gasteiger partial charge in [-0.1, -0.05) is 6.07 Å². The van der Waals surface area contributed by atoms with Crippen molar-refractivity contribution < 1.29 is 14.3 Å². The molecule has 0 bridgehead atoms. The summed E-state index contributed by atoms with van der Waals surface area (Å²) in [6.07, 6.45) is 2.22. The fraction of sp³-hybridized carbons (Fsp3) is 0.286. The van der Waals surface area contributed by atoms with Crippen LogP contribution in [0.3, 0.4) is 0 Å². The van der Waals surface area contributed by atoms with Crippen LogP contribution in [0.1, 0.15) is 29.0 Å². The summed E-state index contributed by atoms with van der Waals surface area (Å²) in [7, 11) is 0. The minimum absolute atomic E-state index is 0. The predicted octanol–water partition coefficient (Wildman–Crippen LogP) is 3.16. The molecule has 1 atom stereocenters. The summed E-state index contributed by atoms with van der Waals surface area (Å²) in [4.78, 5) is 16.9. The molecule has 9 heteroatoms. The highest BCUT2D eigenvalue weighted by atomic mass is 35.5. The highest BCUT2D eigenvalue weighted by Crippen LogP contribution is 2.20. The third kappa shape index (κ3) is 5.35. The number of nitrogens with zero attached hydrogens (tertiary/aromatic N) is 2. The van der Waals surface area contributed by atoms with E-state index in [0.717, 1.165) is 25.0 Å². The SMILES string of the molecule is Cl.NCc1nc(-c2ccc(NC(=O)c3cccc(OCC4CCCO4)c3)cc2)n[nH]1. The molecule has 0 saturated carbocycles. The van der Waals surface area contributed by atoms with Crippen molar-refractivity contribution in [3.8, 4) is 17.1 Å². The number of halogens is 1. The largest absolute Gasteiger partial charge is 0.491 e. The van der Waals surface area contributed by atoms with Gasteiger partial charge in [-0.25, -0.2) is 4.98 Å². The van der Waals surface area contributed by atoms with Crippen molar-refractivity contribution in [2.24, 2.45) is 5.73 Å². The molecule has 2 aromatic carbocycles. The second kappa shape index (κ2) is 10.2. The van der Waals surface area contributed by atoms with E-state index in [0.29, 0.717) is 41.8 Å². The van der Waals surface area contributed by atoms with E-state index < -0.39 is 0 Å². The lowest BCUT2D eigenvalue weighted by Gasteiger charge is -2.12. The van der Waals surface area contributed by atoms with Crippen LogP contribution in [0, 0.1) is 0 Å². The number of benzene rings is 2. The molecule has 4 N–H and O–H groups in total. The number of ether oxygens (including phenoxy) is 2. The van der Waals surface area contributed by atoms with E-state index in [2.05, 4.69) is 20.5 Å².